The zero-order valence-electron chi connectivity index (χ0n) is 19.1. The molecule has 11 heteroatoms. The summed E-state index contributed by atoms with van der Waals surface area (Å²) in [5.41, 5.74) is 1.25. The average Bonchev–Trinajstić information content (AvgIpc) is 2.80. The van der Waals surface area contributed by atoms with E-state index in [1.165, 1.54) is 13.2 Å². The van der Waals surface area contributed by atoms with E-state index < -0.39 is 18.0 Å². The van der Waals surface area contributed by atoms with E-state index in [1.807, 2.05) is 4.90 Å². The van der Waals surface area contributed by atoms with Gasteiger partial charge in [-0.05, 0) is 31.5 Å². The molecule has 1 aromatic rings. The molecular weight excluding hydrogens is 432 g/mol. The lowest BCUT2D eigenvalue weighted by Crippen LogP contribution is -2.52. The van der Waals surface area contributed by atoms with Crippen LogP contribution in [0.25, 0.3) is 0 Å². The topological polar surface area (TPSA) is 130 Å². The van der Waals surface area contributed by atoms with Crippen LogP contribution in [-0.2, 0) is 14.3 Å². The minimum absolute atomic E-state index is 0.0378. The zero-order chi connectivity index (χ0) is 24.0. The number of amides is 3. The van der Waals surface area contributed by atoms with Crippen LogP contribution in [0.15, 0.2) is 29.5 Å². The number of carbonyl (C=O) groups is 3. The van der Waals surface area contributed by atoms with Gasteiger partial charge >= 0.3 is 18.1 Å². The maximum Gasteiger partial charge on any atom is 0.409 e. The fourth-order valence-electron chi connectivity index (χ4n) is 3.85. The molecule has 3 amide bonds. The first kappa shape index (κ1) is 24.2. The molecule has 2 aliphatic rings. The van der Waals surface area contributed by atoms with Crippen LogP contribution < -0.4 is 15.4 Å². The Bertz CT molecular complexity index is 925. The summed E-state index contributed by atoms with van der Waals surface area (Å²) in [5, 5.41) is 15.5. The molecule has 0 spiro atoms. The van der Waals surface area contributed by atoms with Crippen molar-refractivity contribution >= 4 is 18.1 Å². The zero-order valence-corrected chi connectivity index (χ0v) is 19.1. The van der Waals surface area contributed by atoms with E-state index in [0.717, 1.165) is 0 Å². The average molecular weight is 463 g/mol. The number of phenolic OH excluding ortho intramolecular Hbond substituents is 1. The highest BCUT2D eigenvalue weighted by molar-refractivity contribution is 5.95. The van der Waals surface area contributed by atoms with Crippen LogP contribution in [0.3, 0.4) is 0 Å². The molecule has 1 saturated heterocycles. The number of nitrogens with zero attached hydrogens (tertiary/aromatic N) is 2. The Hall–Kier alpha value is -3.47. The van der Waals surface area contributed by atoms with Gasteiger partial charge in [0.25, 0.3) is 0 Å². The van der Waals surface area contributed by atoms with Crippen molar-refractivity contribution in [2.75, 3.05) is 53.0 Å². The second-order valence-corrected chi connectivity index (χ2v) is 7.54. The van der Waals surface area contributed by atoms with Crippen LogP contribution in [0.2, 0.25) is 0 Å². The molecule has 3 N–H and O–H groups in total. The first-order valence-corrected chi connectivity index (χ1v) is 10.9. The summed E-state index contributed by atoms with van der Waals surface area (Å²) in [5.74, 6) is -0.369. The van der Waals surface area contributed by atoms with Gasteiger partial charge in [0.2, 0.25) is 0 Å². The molecule has 3 rings (SSSR count). The Labute approximate surface area is 192 Å². The monoisotopic (exact) mass is 462 g/mol. The van der Waals surface area contributed by atoms with Gasteiger partial charge in [0.15, 0.2) is 11.5 Å². The fraction of sp³-hybridized carbons (Fsp3) is 0.500. The Morgan fingerprint density at radius 1 is 1.15 bits per heavy atom. The van der Waals surface area contributed by atoms with Crippen LogP contribution in [0.4, 0.5) is 9.59 Å². The molecule has 0 aliphatic carbocycles. The maximum absolute atomic E-state index is 12.8. The van der Waals surface area contributed by atoms with Gasteiger partial charge in [-0.1, -0.05) is 6.07 Å². The van der Waals surface area contributed by atoms with Gasteiger partial charge in [0.1, 0.15) is 0 Å². The Balaban J connectivity index is 1.86. The van der Waals surface area contributed by atoms with E-state index in [-0.39, 0.29) is 23.2 Å². The standard InChI is InChI=1S/C22H30N4O7/c1-4-32-17-12-14(6-7-16(17)27)19-18(20(28)31-3)15(23-21(29)24-19)13-25-8-10-26(11-9-25)22(30)33-5-2/h6-7,12,19,27H,4-5,8-11,13H2,1-3H3,(H2,23,24,29)/t19-/m0/s1. The molecule has 1 fully saturated rings. The fourth-order valence-corrected chi connectivity index (χ4v) is 3.85. The van der Waals surface area contributed by atoms with Crippen molar-refractivity contribution in [1.82, 2.24) is 20.4 Å². The van der Waals surface area contributed by atoms with Crippen LogP contribution in [-0.4, -0.2) is 86.0 Å². The van der Waals surface area contributed by atoms with Crippen molar-refractivity contribution in [3.63, 3.8) is 0 Å². The number of nitrogens with one attached hydrogen (secondary N) is 2. The first-order valence-electron chi connectivity index (χ1n) is 10.9. The van der Waals surface area contributed by atoms with Crippen molar-refractivity contribution < 1.29 is 33.7 Å². The molecular formula is C22H30N4O7. The van der Waals surface area contributed by atoms with Gasteiger partial charge in [0.05, 0.1) is 31.9 Å². The van der Waals surface area contributed by atoms with Crippen molar-refractivity contribution in [3.05, 3.63) is 35.0 Å². The van der Waals surface area contributed by atoms with Crippen LogP contribution in [0, 0.1) is 0 Å². The number of hydrogen-bond donors (Lipinski definition) is 3. The Morgan fingerprint density at radius 3 is 2.52 bits per heavy atom. The highest BCUT2D eigenvalue weighted by Gasteiger charge is 2.35. The van der Waals surface area contributed by atoms with Crippen molar-refractivity contribution in [1.29, 1.82) is 0 Å². The molecule has 180 valence electrons. The van der Waals surface area contributed by atoms with Crippen molar-refractivity contribution in [3.8, 4) is 11.5 Å². The normalized spacial score (nSPS) is 18.9. The van der Waals surface area contributed by atoms with Crippen molar-refractivity contribution in [2.45, 2.75) is 19.9 Å². The molecule has 33 heavy (non-hydrogen) atoms. The van der Waals surface area contributed by atoms with E-state index >= 15 is 0 Å². The van der Waals surface area contributed by atoms with E-state index in [1.54, 1.807) is 30.9 Å². The molecule has 0 unspecified atom stereocenters. The number of rotatable bonds is 7. The smallest absolute Gasteiger partial charge is 0.409 e. The predicted molar refractivity (Wildman–Crippen MR) is 118 cm³/mol. The molecule has 2 heterocycles. The minimum Gasteiger partial charge on any atom is -0.504 e. The molecule has 1 atom stereocenters. The molecule has 1 aromatic carbocycles. The summed E-state index contributed by atoms with van der Waals surface area (Å²) in [6, 6.07) is 3.42. The van der Waals surface area contributed by atoms with Gasteiger partial charge in [0, 0.05) is 38.4 Å². The molecule has 0 aromatic heterocycles. The summed E-state index contributed by atoms with van der Waals surface area (Å²) < 4.78 is 15.5. The van der Waals surface area contributed by atoms with E-state index in [9.17, 15) is 19.5 Å². The second-order valence-electron chi connectivity index (χ2n) is 7.54. The van der Waals surface area contributed by atoms with Crippen LogP contribution in [0.5, 0.6) is 11.5 Å². The molecule has 11 nitrogen and oxygen atoms in total. The maximum atomic E-state index is 12.8. The van der Waals surface area contributed by atoms with Gasteiger partial charge in [-0.25, -0.2) is 14.4 Å². The van der Waals surface area contributed by atoms with E-state index in [0.29, 0.717) is 57.2 Å². The Morgan fingerprint density at radius 2 is 1.88 bits per heavy atom. The number of hydrogen-bond acceptors (Lipinski definition) is 8. The molecule has 0 radical (unpaired) electrons. The van der Waals surface area contributed by atoms with Crippen LogP contribution >= 0.6 is 0 Å². The third kappa shape index (κ3) is 5.67. The highest BCUT2D eigenvalue weighted by atomic mass is 16.6. The highest BCUT2D eigenvalue weighted by Crippen LogP contribution is 2.34. The minimum atomic E-state index is -0.790. The molecule has 0 saturated carbocycles. The SMILES string of the molecule is CCOC(=O)N1CCN(CC2=C(C(=O)OC)[C@H](c3ccc(O)c(OCC)c3)NC(=O)N2)CC1. The lowest BCUT2D eigenvalue weighted by molar-refractivity contribution is -0.136. The largest absolute Gasteiger partial charge is 0.504 e. The lowest BCUT2D eigenvalue weighted by atomic mass is 9.94. The van der Waals surface area contributed by atoms with Crippen molar-refractivity contribution in [2.24, 2.45) is 0 Å². The number of piperazine rings is 1. The second kappa shape index (κ2) is 10.9. The third-order valence-electron chi connectivity index (χ3n) is 5.46. The number of benzene rings is 1. The number of methoxy groups -OCH3 is 1. The predicted octanol–water partition coefficient (Wildman–Crippen LogP) is 1.35. The summed E-state index contributed by atoms with van der Waals surface area (Å²) in [6.45, 7) is 6.57. The molecule has 2 aliphatic heterocycles. The number of phenols is 1. The number of urea groups is 1. The third-order valence-corrected chi connectivity index (χ3v) is 5.46. The van der Waals surface area contributed by atoms with Gasteiger partial charge in [-0.15, -0.1) is 0 Å². The summed E-state index contributed by atoms with van der Waals surface area (Å²) in [4.78, 5) is 40.8. The molecule has 0 bridgehead atoms. The number of carbonyl (C=O) groups excluding carboxylic acids is 3. The Kier molecular flexibility index (Phi) is 7.99. The number of esters is 1. The van der Waals surface area contributed by atoms with Gasteiger partial charge < -0.3 is 34.9 Å². The van der Waals surface area contributed by atoms with E-state index in [4.69, 9.17) is 14.2 Å². The lowest BCUT2D eigenvalue weighted by Gasteiger charge is -2.36. The first-order chi connectivity index (χ1) is 15.9. The summed E-state index contributed by atoms with van der Waals surface area (Å²) in [6.07, 6.45) is -0.348. The summed E-state index contributed by atoms with van der Waals surface area (Å²) in [7, 11) is 1.28. The quantitative estimate of drug-likeness (QED) is 0.518. The van der Waals surface area contributed by atoms with Crippen LogP contribution in [0.1, 0.15) is 25.5 Å². The summed E-state index contributed by atoms with van der Waals surface area (Å²) >= 11 is 0. The van der Waals surface area contributed by atoms with Gasteiger partial charge in [-0.2, -0.15) is 0 Å². The number of aromatic hydroxyl groups is 1. The van der Waals surface area contributed by atoms with E-state index in [2.05, 4.69) is 10.6 Å². The number of ether oxygens (including phenoxy) is 3. The van der Waals surface area contributed by atoms with Gasteiger partial charge in [-0.3, -0.25) is 4.90 Å².